The summed E-state index contributed by atoms with van der Waals surface area (Å²) in [5.41, 5.74) is 2.03. The van der Waals surface area contributed by atoms with Gasteiger partial charge in [0.05, 0.1) is 0 Å². The van der Waals surface area contributed by atoms with E-state index in [-0.39, 0.29) is 11.8 Å². The second-order valence-electron chi connectivity index (χ2n) is 7.70. The molecule has 0 aromatic heterocycles. The maximum Gasteiger partial charge on any atom is 0.242 e. The molecule has 6 nitrogen and oxygen atoms in total. The second-order valence-corrected chi connectivity index (χ2v) is 7.70. The molecule has 1 aliphatic heterocycles. The van der Waals surface area contributed by atoms with Crippen LogP contribution in [0.15, 0.2) is 48.5 Å². The summed E-state index contributed by atoms with van der Waals surface area (Å²) in [6.45, 7) is 6.07. The highest BCUT2D eigenvalue weighted by Crippen LogP contribution is 2.31. The summed E-state index contributed by atoms with van der Waals surface area (Å²) >= 11 is 0. The van der Waals surface area contributed by atoms with Crippen molar-refractivity contribution in [3.05, 3.63) is 59.7 Å². The fraction of sp³-hybridized carbons (Fsp3) is 0.440. The Balaban J connectivity index is 1.72. The van der Waals surface area contributed by atoms with E-state index >= 15 is 0 Å². The van der Waals surface area contributed by atoms with Crippen LogP contribution >= 0.6 is 0 Å². The third-order valence-corrected chi connectivity index (χ3v) is 5.37. The predicted molar refractivity (Wildman–Crippen MR) is 120 cm³/mol. The molecule has 6 heteroatoms. The highest BCUT2D eigenvalue weighted by atomic mass is 16.6. The van der Waals surface area contributed by atoms with Gasteiger partial charge in [0.15, 0.2) is 11.5 Å². The van der Waals surface area contributed by atoms with E-state index in [4.69, 9.17) is 9.47 Å². The van der Waals surface area contributed by atoms with Gasteiger partial charge in [-0.3, -0.25) is 9.59 Å². The molecular weight excluding hydrogens is 392 g/mol. The average Bonchev–Trinajstić information content (AvgIpc) is 2.81. The molecule has 1 aliphatic rings. The lowest BCUT2D eigenvalue weighted by molar-refractivity contribution is -0.141. The smallest absolute Gasteiger partial charge is 0.242 e. The number of carbonyl (C=O) groups excluding carboxylic acids is 2. The van der Waals surface area contributed by atoms with Gasteiger partial charge in [-0.25, -0.2) is 0 Å². The number of amides is 2. The molecule has 0 fully saturated rings. The number of fused-ring (bicyclic) bond motifs is 1. The fourth-order valence-corrected chi connectivity index (χ4v) is 3.70. The van der Waals surface area contributed by atoms with Gasteiger partial charge in [-0.15, -0.1) is 0 Å². The van der Waals surface area contributed by atoms with Crippen LogP contribution in [0.3, 0.4) is 0 Å². The molecule has 166 valence electrons. The van der Waals surface area contributed by atoms with Gasteiger partial charge in [0.2, 0.25) is 11.8 Å². The third-order valence-electron chi connectivity index (χ3n) is 5.37. The molecule has 2 amide bonds. The van der Waals surface area contributed by atoms with Crippen LogP contribution in [0.25, 0.3) is 0 Å². The molecule has 0 spiro atoms. The zero-order valence-electron chi connectivity index (χ0n) is 18.4. The normalized spacial score (nSPS) is 13.4. The monoisotopic (exact) mass is 424 g/mol. The van der Waals surface area contributed by atoms with Crippen molar-refractivity contribution in [2.75, 3.05) is 19.8 Å². The zero-order valence-corrected chi connectivity index (χ0v) is 18.4. The van der Waals surface area contributed by atoms with E-state index in [9.17, 15) is 9.59 Å². The number of rotatable bonds is 10. The van der Waals surface area contributed by atoms with E-state index in [1.54, 1.807) is 4.90 Å². The summed E-state index contributed by atoms with van der Waals surface area (Å²) in [5, 5.41) is 2.95. The molecule has 0 radical (unpaired) electrons. The summed E-state index contributed by atoms with van der Waals surface area (Å²) in [5.74, 6) is 1.35. The van der Waals surface area contributed by atoms with E-state index in [0.29, 0.717) is 45.6 Å². The first-order valence-corrected chi connectivity index (χ1v) is 11.1. The molecule has 0 unspecified atom stereocenters. The Morgan fingerprint density at radius 2 is 1.74 bits per heavy atom. The van der Waals surface area contributed by atoms with Crippen LogP contribution < -0.4 is 14.8 Å². The van der Waals surface area contributed by atoms with Crippen LogP contribution in [0.5, 0.6) is 11.5 Å². The zero-order chi connectivity index (χ0) is 22.1. The molecule has 2 aromatic carbocycles. The molecule has 1 N–H and O–H groups in total. The van der Waals surface area contributed by atoms with Gasteiger partial charge in [0.25, 0.3) is 0 Å². The molecule has 2 aromatic rings. The minimum absolute atomic E-state index is 0.0303. The highest BCUT2D eigenvalue weighted by molar-refractivity contribution is 5.87. The number of aryl methyl sites for hydroxylation is 1. The topological polar surface area (TPSA) is 67.9 Å². The van der Waals surface area contributed by atoms with Crippen LogP contribution in [0.1, 0.15) is 44.2 Å². The Morgan fingerprint density at radius 3 is 2.45 bits per heavy atom. The molecule has 3 rings (SSSR count). The lowest BCUT2D eigenvalue weighted by Crippen LogP contribution is -2.49. The molecule has 0 saturated carbocycles. The first kappa shape index (κ1) is 22.7. The second kappa shape index (κ2) is 11.4. The van der Waals surface area contributed by atoms with E-state index in [0.717, 1.165) is 29.0 Å². The summed E-state index contributed by atoms with van der Waals surface area (Å²) in [6, 6.07) is 15.1. The van der Waals surface area contributed by atoms with E-state index in [2.05, 4.69) is 5.32 Å². The molecule has 0 aliphatic carbocycles. The van der Waals surface area contributed by atoms with Crippen molar-refractivity contribution >= 4 is 11.8 Å². The Hall–Kier alpha value is -3.02. The predicted octanol–water partition coefficient (Wildman–Crippen LogP) is 3.72. The number of ether oxygens (including phenoxy) is 2. The molecule has 31 heavy (non-hydrogen) atoms. The van der Waals surface area contributed by atoms with Crippen molar-refractivity contribution in [1.29, 1.82) is 0 Å². The third kappa shape index (κ3) is 6.23. The Bertz CT molecular complexity index is 869. The van der Waals surface area contributed by atoms with Gasteiger partial charge in [-0.05, 0) is 42.5 Å². The Labute approximate surface area is 184 Å². The molecule has 1 atom stereocenters. The number of nitrogens with one attached hydrogen (secondary N) is 1. The molecule has 0 saturated heterocycles. The number of nitrogens with zero attached hydrogens (tertiary/aromatic N) is 1. The summed E-state index contributed by atoms with van der Waals surface area (Å²) < 4.78 is 11.2. The lowest BCUT2D eigenvalue weighted by Gasteiger charge is -2.31. The lowest BCUT2D eigenvalue weighted by atomic mass is 10.1. The molecular formula is C25H32N2O4. The van der Waals surface area contributed by atoms with Gasteiger partial charge in [0, 0.05) is 19.5 Å². The van der Waals surface area contributed by atoms with Gasteiger partial charge >= 0.3 is 0 Å². The maximum atomic E-state index is 13.3. The summed E-state index contributed by atoms with van der Waals surface area (Å²) in [4.78, 5) is 27.8. The van der Waals surface area contributed by atoms with Crippen molar-refractivity contribution < 1.29 is 19.1 Å². The molecule has 0 bridgehead atoms. The average molecular weight is 425 g/mol. The van der Waals surface area contributed by atoms with Gasteiger partial charge < -0.3 is 19.7 Å². The fourth-order valence-electron chi connectivity index (χ4n) is 3.70. The SMILES string of the molecule is CCCNC(=O)[C@@H](CC)N(Cc1ccccc1)C(=O)CCc1ccc2c(c1)OCCO2. The van der Waals surface area contributed by atoms with Crippen molar-refractivity contribution in [3.63, 3.8) is 0 Å². The van der Waals surface area contributed by atoms with Crippen LogP contribution in [-0.4, -0.2) is 42.5 Å². The van der Waals surface area contributed by atoms with Crippen LogP contribution in [-0.2, 0) is 22.6 Å². The van der Waals surface area contributed by atoms with Crippen LogP contribution in [0, 0.1) is 0 Å². The minimum atomic E-state index is -0.487. The number of benzene rings is 2. The number of hydrogen-bond acceptors (Lipinski definition) is 4. The van der Waals surface area contributed by atoms with Crippen molar-refractivity contribution in [1.82, 2.24) is 10.2 Å². The van der Waals surface area contributed by atoms with Crippen LogP contribution in [0.4, 0.5) is 0 Å². The Kier molecular flexibility index (Phi) is 8.33. The standard InChI is InChI=1S/C25H32N2O4/c1-3-14-26-25(29)21(4-2)27(18-20-8-6-5-7-9-20)24(28)13-11-19-10-12-22-23(17-19)31-16-15-30-22/h5-10,12,17,21H,3-4,11,13-16,18H2,1-2H3,(H,26,29)/t21-/m1/s1. The van der Waals surface area contributed by atoms with Crippen molar-refractivity contribution in [2.24, 2.45) is 0 Å². The van der Waals surface area contributed by atoms with Crippen molar-refractivity contribution in [2.45, 2.75) is 52.1 Å². The number of hydrogen-bond donors (Lipinski definition) is 1. The summed E-state index contributed by atoms with van der Waals surface area (Å²) in [6.07, 6.45) is 2.33. The quantitative estimate of drug-likeness (QED) is 0.631. The Morgan fingerprint density at radius 1 is 1.00 bits per heavy atom. The van der Waals surface area contributed by atoms with Crippen molar-refractivity contribution in [3.8, 4) is 11.5 Å². The van der Waals surface area contributed by atoms with E-state index < -0.39 is 6.04 Å². The van der Waals surface area contributed by atoms with Crippen LogP contribution in [0.2, 0.25) is 0 Å². The van der Waals surface area contributed by atoms with E-state index in [1.165, 1.54) is 0 Å². The first-order chi connectivity index (χ1) is 15.1. The first-order valence-electron chi connectivity index (χ1n) is 11.1. The van der Waals surface area contributed by atoms with Gasteiger partial charge in [-0.2, -0.15) is 0 Å². The largest absolute Gasteiger partial charge is 0.486 e. The molecule has 1 heterocycles. The minimum Gasteiger partial charge on any atom is -0.486 e. The number of carbonyl (C=O) groups is 2. The summed E-state index contributed by atoms with van der Waals surface area (Å²) in [7, 11) is 0. The van der Waals surface area contributed by atoms with E-state index in [1.807, 2.05) is 62.4 Å². The van der Waals surface area contributed by atoms with Gasteiger partial charge in [-0.1, -0.05) is 50.2 Å². The van der Waals surface area contributed by atoms with Gasteiger partial charge in [0.1, 0.15) is 19.3 Å². The maximum absolute atomic E-state index is 13.3. The highest BCUT2D eigenvalue weighted by Gasteiger charge is 2.28.